The van der Waals surface area contributed by atoms with Crippen molar-refractivity contribution in [2.45, 2.75) is 75.9 Å². The van der Waals surface area contributed by atoms with Gasteiger partial charge in [0.25, 0.3) is 11.8 Å². The van der Waals surface area contributed by atoms with Crippen LogP contribution < -0.4 is 9.80 Å². The van der Waals surface area contributed by atoms with Crippen LogP contribution in [0.5, 0.6) is 0 Å². The Kier molecular flexibility index (Phi) is 8.87. The molecule has 7 rings (SSSR count). The quantitative estimate of drug-likeness (QED) is 0.121. The van der Waals surface area contributed by atoms with Gasteiger partial charge in [-0.2, -0.15) is 0 Å². The first-order valence-electron chi connectivity index (χ1n) is 17.3. The minimum atomic E-state index is -2.93. The summed E-state index contributed by atoms with van der Waals surface area (Å²) in [4.78, 5) is 55.9. The first kappa shape index (κ1) is 34.0. The molecule has 3 aliphatic heterocycles. The Labute approximate surface area is 291 Å². The lowest BCUT2D eigenvalue weighted by molar-refractivity contribution is -0.146. The molecule has 13 heteroatoms. The number of benzene rings is 3. The summed E-state index contributed by atoms with van der Waals surface area (Å²) in [7, 11) is -1.56. The van der Waals surface area contributed by atoms with Gasteiger partial charge in [-0.25, -0.2) is 0 Å². The second kappa shape index (κ2) is 13.0. The number of ether oxygens (including phenoxy) is 2. The summed E-state index contributed by atoms with van der Waals surface area (Å²) in [6.45, 7) is 6.58. The number of anilines is 3. The third-order valence-electron chi connectivity index (χ3n) is 10.6. The maximum Gasteiger partial charge on any atom is 0.305 e. The summed E-state index contributed by atoms with van der Waals surface area (Å²) in [5, 5.41) is 19.5. The molecule has 1 fully saturated rings. The van der Waals surface area contributed by atoms with Gasteiger partial charge in [-0.15, -0.1) is 5.10 Å². The molecular formula is C37H43N5O7Si. The summed E-state index contributed by atoms with van der Waals surface area (Å²) in [5.74, 6) is -1.03. The maximum absolute atomic E-state index is 14.9. The predicted molar refractivity (Wildman–Crippen MR) is 190 cm³/mol. The van der Waals surface area contributed by atoms with Crippen LogP contribution >= 0.6 is 0 Å². The van der Waals surface area contributed by atoms with Crippen LogP contribution in [0, 0.1) is 5.92 Å². The number of methoxy groups -OCH3 is 1. The summed E-state index contributed by atoms with van der Waals surface area (Å²) < 4.78 is 13.6. The zero-order valence-electron chi connectivity index (χ0n) is 28.8. The number of nitrogens with zero attached hydrogens (tertiary/aromatic N) is 5. The van der Waals surface area contributed by atoms with Gasteiger partial charge in [0.2, 0.25) is 0 Å². The Bertz CT molecular complexity index is 1970. The third kappa shape index (κ3) is 5.52. The molecule has 4 aromatic rings. The van der Waals surface area contributed by atoms with Gasteiger partial charge >= 0.3 is 5.97 Å². The fourth-order valence-corrected chi connectivity index (χ4v) is 11.0. The van der Waals surface area contributed by atoms with Gasteiger partial charge in [-0.05, 0) is 68.1 Å². The van der Waals surface area contributed by atoms with Crippen LogP contribution in [0.4, 0.5) is 17.1 Å². The van der Waals surface area contributed by atoms with Crippen molar-refractivity contribution in [3.8, 4) is 0 Å². The first-order valence-corrected chi connectivity index (χ1v) is 20.3. The minimum absolute atomic E-state index is 0.0240. The van der Waals surface area contributed by atoms with Crippen molar-refractivity contribution in [2.24, 2.45) is 5.92 Å². The van der Waals surface area contributed by atoms with E-state index in [1.807, 2.05) is 74.6 Å². The van der Waals surface area contributed by atoms with Crippen molar-refractivity contribution in [1.82, 2.24) is 15.0 Å². The largest absolute Gasteiger partial charge is 0.469 e. The molecule has 1 aromatic heterocycles. The summed E-state index contributed by atoms with van der Waals surface area (Å²) in [6, 6.07) is 17.3. The van der Waals surface area contributed by atoms with Gasteiger partial charge in [-0.1, -0.05) is 36.4 Å². The molecule has 0 radical (unpaired) electrons. The molecule has 0 unspecified atom stereocenters. The van der Waals surface area contributed by atoms with Crippen molar-refractivity contribution < 1.29 is 33.8 Å². The van der Waals surface area contributed by atoms with E-state index in [9.17, 15) is 24.3 Å². The van der Waals surface area contributed by atoms with Gasteiger partial charge in [0.05, 0.1) is 35.8 Å². The van der Waals surface area contributed by atoms with Crippen LogP contribution in [0.3, 0.4) is 0 Å². The smallest absolute Gasteiger partial charge is 0.305 e. The lowest BCUT2D eigenvalue weighted by Crippen LogP contribution is -2.46. The van der Waals surface area contributed by atoms with Gasteiger partial charge in [0, 0.05) is 66.8 Å². The zero-order valence-corrected chi connectivity index (χ0v) is 29.8. The Morgan fingerprint density at radius 2 is 1.84 bits per heavy atom. The highest BCUT2D eigenvalue weighted by molar-refractivity contribution is 6.71. The molecule has 4 heterocycles. The van der Waals surface area contributed by atoms with E-state index in [0.717, 1.165) is 16.5 Å². The highest BCUT2D eigenvalue weighted by Gasteiger charge is 2.66. The third-order valence-corrected chi connectivity index (χ3v) is 13.1. The van der Waals surface area contributed by atoms with E-state index in [4.69, 9.17) is 9.47 Å². The Hall–Kier alpha value is -4.43. The number of hydrogen-bond donors (Lipinski definition) is 2. The average Bonchev–Trinajstić information content (AvgIpc) is 3.81. The number of fused-ring (bicyclic) bond motifs is 2. The van der Waals surface area contributed by atoms with Crippen molar-refractivity contribution in [2.75, 3.05) is 30.1 Å². The van der Waals surface area contributed by atoms with E-state index in [1.54, 1.807) is 20.7 Å². The second-order valence-corrected chi connectivity index (χ2v) is 18.1. The topological polar surface area (TPSA) is 147 Å². The molecule has 2 N–H and O–H groups in total. The normalized spacial score (nSPS) is 22.7. The van der Waals surface area contributed by atoms with Gasteiger partial charge in [0.15, 0.2) is 13.9 Å². The van der Waals surface area contributed by atoms with E-state index in [2.05, 4.69) is 10.3 Å². The fourth-order valence-electron chi connectivity index (χ4n) is 8.45. The predicted octanol–water partition coefficient (Wildman–Crippen LogP) is 4.84. The number of amides is 2. The molecular weight excluding hydrogens is 655 g/mol. The standard InChI is InChI=1S/C37H43N5O7Si/c1-23-34(50(3,4)47)31(16-19-40-22-25(17-20-43)38-39-40)49-37(23)28-21-26(14-15-29(28)41(36(37)46)18-6-5-13-32(44)48-2)42-30-12-8-10-24-9-7-11-27(33(24)30)35(42)45/h7-12,14-15,21-23,31,34,43,47H,5-6,13,16-20H2,1-4H3/t23-,31+,34-,37+/m0/s1. The van der Waals surface area contributed by atoms with Gasteiger partial charge in [0.1, 0.15) is 0 Å². The number of aryl methyl sites for hydroxylation is 1. The molecule has 50 heavy (non-hydrogen) atoms. The Morgan fingerprint density at radius 1 is 1.06 bits per heavy atom. The number of carbonyl (C=O) groups excluding carboxylic acids is 3. The van der Waals surface area contributed by atoms with Crippen molar-refractivity contribution in [3.05, 3.63) is 77.6 Å². The van der Waals surface area contributed by atoms with E-state index in [0.29, 0.717) is 67.0 Å². The van der Waals surface area contributed by atoms with E-state index in [1.165, 1.54) is 7.11 Å². The lowest BCUT2D eigenvalue weighted by atomic mass is 9.82. The molecule has 4 atom stereocenters. The van der Waals surface area contributed by atoms with Gasteiger partial charge < -0.3 is 24.3 Å². The van der Waals surface area contributed by atoms with Crippen LogP contribution in [0.2, 0.25) is 18.6 Å². The van der Waals surface area contributed by atoms with Crippen LogP contribution in [-0.2, 0) is 37.6 Å². The number of aliphatic hydroxyl groups excluding tert-OH is 1. The number of rotatable bonds is 12. The highest BCUT2D eigenvalue weighted by Crippen LogP contribution is 2.60. The molecule has 0 bridgehead atoms. The maximum atomic E-state index is 14.9. The second-order valence-electron chi connectivity index (χ2n) is 14.1. The summed E-state index contributed by atoms with van der Waals surface area (Å²) in [5.41, 5.74) is 2.41. The van der Waals surface area contributed by atoms with Crippen molar-refractivity contribution in [1.29, 1.82) is 0 Å². The van der Waals surface area contributed by atoms with E-state index < -0.39 is 25.9 Å². The highest BCUT2D eigenvalue weighted by atomic mass is 28.4. The molecule has 0 saturated carbocycles. The molecule has 262 valence electrons. The first-order chi connectivity index (χ1) is 24.0. The molecule has 1 spiro atoms. The molecule has 0 aliphatic carbocycles. The molecule has 1 saturated heterocycles. The van der Waals surface area contributed by atoms with Gasteiger partial charge in [-0.3, -0.25) is 24.0 Å². The van der Waals surface area contributed by atoms with E-state index >= 15 is 0 Å². The Morgan fingerprint density at radius 3 is 2.58 bits per heavy atom. The van der Waals surface area contributed by atoms with Crippen LogP contribution in [0.1, 0.15) is 54.2 Å². The average molecular weight is 698 g/mol. The SMILES string of the molecule is COC(=O)CCCCN1C(=O)[C@]2(O[C@H](CCn3cc(CCO)nn3)[C@@H]([Si](C)(C)O)[C@@H]2C)c2cc(N3C(=O)c4cccc5cccc3c45)ccc21. The molecule has 3 aliphatic rings. The van der Waals surface area contributed by atoms with Crippen molar-refractivity contribution >= 4 is 53.9 Å². The summed E-state index contributed by atoms with van der Waals surface area (Å²) in [6.07, 6.45) is 3.60. The monoisotopic (exact) mass is 697 g/mol. The number of carbonyl (C=O) groups is 3. The van der Waals surface area contributed by atoms with E-state index in [-0.39, 0.29) is 36.4 Å². The molecule has 12 nitrogen and oxygen atoms in total. The van der Waals surface area contributed by atoms with Crippen LogP contribution in [0.15, 0.2) is 60.8 Å². The fraction of sp³-hybridized carbons (Fsp3) is 0.432. The molecule has 3 aromatic carbocycles. The number of unbranched alkanes of at least 4 members (excludes halogenated alkanes) is 1. The van der Waals surface area contributed by atoms with Crippen LogP contribution in [-0.4, -0.2) is 77.4 Å². The lowest BCUT2D eigenvalue weighted by Gasteiger charge is -2.32. The zero-order chi connectivity index (χ0) is 35.4. The summed E-state index contributed by atoms with van der Waals surface area (Å²) >= 11 is 0. The van der Waals surface area contributed by atoms with Crippen molar-refractivity contribution in [3.63, 3.8) is 0 Å². The molecule has 2 amide bonds. The number of aliphatic hydroxyl groups is 1. The number of hydrogen-bond acceptors (Lipinski definition) is 9. The Balaban J connectivity index is 1.28. The number of aromatic nitrogens is 3. The minimum Gasteiger partial charge on any atom is -0.469 e. The van der Waals surface area contributed by atoms with Crippen LogP contribution in [0.25, 0.3) is 10.8 Å². The number of esters is 1.